The number of nitrogens with zero attached hydrogens (tertiary/aromatic N) is 2. The first-order chi connectivity index (χ1) is 11.2. The molecule has 0 aromatic heterocycles. The van der Waals surface area contributed by atoms with E-state index in [1.165, 1.54) is 5.56 Å². The van der Waals surface area contributed by atoms with Crippen molar-refractivity contribution in [3.05, 3.63) is 58.7 Å². The lowest BCUT2D eigenvalue weighted by Gasteiger charge is -2.10. The molecule has 23 heavy (non-hydrogen) atoms. The molecule has 0 aliphatic carbocycles. The van der Waals surface area contributed by atoms with E-state index in [1.54, 1.807) is 18.6 Å². The quantitative estimate of drug-likeness (QED) is 0.750. The average Bonchev–Trinajstić information content (AvgIpc) is 2.53. The number of rotatable bonds is 6. The lowest BCUT2D eigenvalue weighted by atomic mass is 9.99. The number of ether oxygens (including phenoxy) is 2. The second-order valence-corrected chi connectivity index (χ2v) is 5.41. The van der Waals surface area contributed by atoms with Gasteiger partial charge in [0, 0.05) is 0 Å². The number of para-hydroxylation sites is 1. The smallest absolute Gasteiger partial charge is 0.292 e. The minimum absolute atomic E-state index is 0.625. The molecule has 0 radical (unpaired) electrons. The van der Waals surface area contributed by atoms with Gasteiger partial charge in [-0.1, -0.05) is 30.3 Å². The number of aryl methyl sites for hydroxylation is 4. The fraction of sp³-hybridized carbons (Fsp3) is 0.263. The molecule has 0 spiro atoms. The van der Waals surface area contributed by atoms with Gasteiger partial charge in [-0.25, -0.2) is 0 Å². The van der Waals surface area contributed by atoms with Crippen LogP contribution in [0.3, 0.4) is 0 Å². The minimum atomic E-state index is 0.625. The number of nitriles is 2. The van der Waals surface area contributed by atoms with Crippen molar-refractivity contribution in [3.8, 4) is 24.0 Å². The standard InChI is InChI=1S/C19H18N2O2/c1-14-10-16(11-15(2)19(14)23-13-21)6-5-8-17-7-3-4-9-18(17)22-12-20/h3-4,7,9-11H,5-6,8H2,1-2H3. The first-order valence-corrected chi connectivity index (χ1v) is 7.45. The SMILES string of the molecule is Cc1cc(CCCc2ccccc2OC#N)cc(C)c1OC#N. The maximum Gasteiger partial charge on any atom is 0.292 e. The Hall–Kier alpha value is -2.98. The van der Waals surface area contributed by atoms with Gasteiger partial charge in [0.2, 0.25) is 0 Å². The van der Waals surface area contributed by atoms with Crippen LogP contribution in [0, 0.1) is 36.9 Å². The van der Waals surface area contributed by atoms with Crippen LogP contribution in [-0.4, -0.2) is 0 Å². The van der Waals surface area contributed by atoms with Gasteiger partial charge in [-0.3, -0.25) is 0 Å². The number of benzene rings is 2. The highest BCUT2D eigenvalue weighted by atomic mass is 16.5. The predicted molar refractivity (Wildman–Crippen MR) is 86.9 cm³/mol. The van der Waals surface area contributed by atoms with Crippen LogP contribution in [0.2, 0.25) is 0 Å². The highest BCUT2D eigenvalue weighted by Gasteiger charge is 2.08. The van der Waals surface area contributed by atoms with Crippen LogP contribution in [0.15, 0.2) is 36.4 Å². The number of hydrogen-bond donors (Lipinski definition) is 0. The Bertz CT molecular complexity index is 747. The third-order valence-electron chi connectivity index (χ3n) is 3.71. The van der Waals surface area contributed by atoms with Crippen molar-refractivity contribution in [1.29, 1.82) is 10.5 Å². The van der Waals surface area contributed by atoms with E-state index in [0.29, 0.717) is 11.5 Å². The summed E-state index contributed by atoms with van der Waals surface area (Å²) in [6, 6.07) is 11.7. The molecule has 4 nitrogen and oxygen atoms in total. The van der Waals surface area contributed by atoms with Crippen LogP contribution >= 0.6 is 0 Å². The van der Waals surface area contributed by atoms with Crippen molar-refractivity contribution < 1.29 is 9.47 Å². The first-order valence-electron chi connectivity index (χ1n) is 7.45. The molecule has 0 N–H and O–H groups in total. The van der Waals surface area contributed by atoms with E-state index < -0.39 is 0 Å². The van der Waals surface area contributed by atoms with E-state index in [-0.39, 0.29) is 0 Å². The number of hydrogen-bond acceptors (Lipinski definition) is 4. The first kappa shape index (κ1) is 16.4. The Morgan fingerprint density at radius 3 is 2.22 bits per heavy atom. The zero-order chi connectivity index (χ0) is 16.7. The Balaban J connectivity index is 2.03. The summed E-state index contributed by atoms with van der Waals surface area (Å²) in [5.41, 5.74) is 4.18. The summed E-state index contributed by atoms with van der Waals surface area (Å²) in [6.45, 7) is 3.89. The predicted octanol–water partition coefficient (Wildman–Crippen LogP) is 4.20. The van der Waals surface area contributed by atoms with Crippen LogP contribution in [0.4, 0.5) is 0 Å². The van der Waals surface area contributed by atoms with Crippen molar-refractivity contribution in [2.45, 2.75) is 33.1 Å². The van der Waals surface area contributed by atoms with Crippen molar-refractivity contribution in [1.82, 2.24) is 0 Å². The van der Waals surface area contributed by atoms with Crippen LogP contribution in [0.5, 0.6) is 11.5 Å². The molecule has 0 amide bonds. The molecule has 116 valence electrons. The van der Waals surface area contributed by atoms with Gasteiger partial charge in [0.05, 0.1) is 0 Å². The zero-order valence-electron chi connectivity index (χ0n) is 13.3. The van der Waals surface area contributed by atoms with Crippen molar-refractivity contribution in [2.24, 2.45) is 0 Å². The monoisotopic (exact) mass is 306 g/mol. The summed E-state index contributed by atoms with van der Waals surface area (Å²) in [5, 5.41) is 17.3. The van der Waals surface area contributed by atoms with Crippen LogP contribution in [0.1, 0.15) is 28.7 Å². The second kappa shape index (κ2) is 7.87. The average molecular weight is 306 g/mol. The van der Waals surface area contributed by atoms with Gasteiger partial charge in [0.15, 0.2) is 0 Å². The van der Waals surface area contributed by atoms with Crippen molar-refractivity contribution in [2.75, 3.05) is 0 Å². The normalized spacial score (nSPS) is 9.74. The summed E-state index contributed by atoms with van der Waals surface area (Å²) in [6.07, 6.45) is 6.15. The van der Waals surface area contributed by atoms with E-state index in [0.717, 1.165) is 36.0 Å². The maximum absolute atomic E-state index is 8.67. The van der Waals surface area contributed by atoms with E-state index >= 15 is 0 Å². The summed E-state index contributed by atoms with van der Waals surface area (Å²) in [4.78, 5) is 0. The molecule has 2 aromatic carbocycles. The topological polar surface area (TPSA) is 66.0 Å². The molecule has 4 heteroatoms. The zero-order valence-corrected chi connectivity index (χ0v) is 13.3. The third kappa shape index (κ3) is 4.25. The van der Waals surface area contributed by atoms with Gasteiger partial charge in [0.25, 0.3) is 12.5 Å². The summed E-state index contributed by atoms with van der Waals surface area (Å²) >= 11 is 0. The molecular weight excluding hydrogens is 288 g/mol. The van der Waals surface area contributed by atoms with Gasteiger partial charge in [-0.2, -0.15) is 0 Å². The van der Waals surface area contributed by atoms with Gasteiger partial charge >= 0.3 is 0 Å². The van der Waals surface area contributed by atoms with Gasteiger partial charge < -0.3 is 9.47 Å². The van der Waals surface area contributed by atoms with Crippen molar-refractivity contribution >= 4 is 0 Å². The molecule has 2 aromatic rings. The molecule has 0 aliphatic rings. The second-order valence-electron chi connectivity index (χ2n) is 5.41. The molecular formula is C19H18N2O2. The molecule has 0 heterocycles. The highest BCUT2D eigenvalue weighted by Crippen LogP contribution is 2.26. The molecule has 0 saturated heterocycles. The largest absolute Gasteiger partial charge is 0.388 e. The van der Waals surface area contributed by atoms with E-state index in [1.807, 2.05) is 32.0 Å². The summed E-state index contributed by atoms with van der Waals surface area (Å²) < 4.78 is 9.98. The summed E-state index contributed by atoms with van der Waals surface area (Å²) in [5.74, 6) is 1.27. The molecule has 0 unspecified atom stereocenters. The van der Waals surface area contributed by atoms with Crippen LogP contribution in [0.25, 0.3) is 0 Å². The molecule has 0 fully saturated rings. The minimum Gasteiger partial charge on any atom is -0.388 e. The lowest BCUT2D eigenvalue weighted by molar-refractivity contribution is 0.498. The van der Waals surface area contributed by atoms with Crippen LogP contribution in [-0.2, 0) is 12.8 Å². The molecule has 0 aliphatic heterocycles. The highest BCUT2D eigenvalue weighted by molar-refractivity contribution is 5.44. The van der Waals surface area contributed by atoms with Gasteiger partial charge in [-0.15, -0.1) is 10.5 Å². The Labute approximate surface area is 136 Å². The molecule has 0 saturated carbocycles. The Morgan fingerprint density at radius 1 is 0.913 bits per heavy atom. The lowest BCUT2D eigenvalue weighted by Crippen LogP contribution is -1.96. The Kier molecular flexibility index (Phi) is 5.61. The van der Waals surface area contributed by atoms with Gasteiger partial charge in [-0.05, 0) is 61.4 Å². The Morgan fingerprint density at radius 2 is 1.57 bits per heavy atom. The van der Waals surface area contributed by atoms with Crippen molar-refractivity contribution in [3.63, 3.8) is 0 Å². The van der Waals surface area contributed by atoms with E-state index in [9.17, 15) is 0 Å². The van der Waals surface area contributed by atoms with E-state index in [2.05, 4.69) is 12.1 Å². The molecule has 2 rings (SSSR count). The molecule has 0 bridgehead atoms. The fourth-order valence-electron chi connectivity index (χ4n) is 2.73. The third-order valence-corrected chi connectivity index (χ3v) is 3.71. The van der Waals surface area contributed by atoms with Crippen LogP contribution < -0.4 is 9.47 Å². The summed E-state index contributed by atoms with van der Waals surface area (Å²) in [7, 11) is 0. The fourth-order valence-corrected chi connectivity index (χ4v) is 2.73. The molecule has 0 atom stereocenters. The van der Waals surface area contributed by atoms with Gasteiger partial charge in [0.1, 0.15) is 11.5 Å². The van der Waals surface area contributed by atoms with E-state index in [4.69, 9.17) is 20.0 Å². The maximum atomic E-state index is 8.67.